The lowest BCUT2D eigenvalue weighted by atomic mass is 9.98. The lowest BCUT2D eigenvalue weighted by Gasteiger charge is -2.15. The summed E-state index contributed by atoms with van der Waals surface area (Å²) < 4.78 is 10.5. The highest BCUT2D eigenvalue weighted by atomic mass is 16.5. The first-order valence-electron chi connectivity index (χ1n) is 7.90. The molecule has 1 aliphatic heterocycles. The van der Waals surface area contributed by atoms with E-state index >= 15 is 0 Å². The normalized spacial score (nSPS) is 18.4. The van der Waals surface area contributed by atoms with Crippen LogP contribution in [0.15, 0.2) is 24.3 Å². The molecule has 6 nitrogen and oxygen atoms in total. The molecule has 2 unspecified atom stereocenters. The Hall–Kier alpha value is -2.08. The van der Waals surface area contributed by atoms with Gasteiger partial charge in [-0.05, 0) is 37.5 Å². The Labute approximate surface area is 135 Å². The number of benzene rings is 1. The molecule has 6 heteroatoms. The van der Waals surface area contributed by atoms with Gasteiger partial charge in [0.1, 0.15) is 5.75 Å². The fourth-order valence-electron chi connectivity index (χ4n) is 2.53. The number of nitrogens with one attached hydrogen (secondary N) is 1. The maximum atomic E-state index is 11.9. The first-order chi connectivity index (χ1) is 11.1. The zero-order valence-electron chi connectivity index (χ0n) is 13.3. The van der Waals surface area contributed by atoms with Crippen LogP contribution in [0.1, 0.15) is 18.9 Å². The standard InChI is InChI=1S/C17H23NO5/c1-2-23-15-5-3-12(4-6-15)9-14(17(20)21)10-18-16(19)13-7-8-22-11-13/h3-6,13-14H,2,7-11H2,1H3,(H,18,19)(H,20,21). The highest BCUT2D eigenvalue weighted by Crippen LogP contribution is 2.16. The maximum Gasteiger partial charge on any atom is 0.308 e. The van der Waals surface area contributed by atoms with Gasteiger partial charge < -0.3 is 19.9 Å². The molecule has 1 aromatic carbocycles. The lowest BCUT2D eigenvalue weighted by Crippen LogP contribution is -2.37. The number of carbonyl (C=O) groups is 2. The molecule has 0 bridgehead atoms. The van der Waals surface area contributed by atoms with Crippen LogP contribution >= 0.6 is 0 Å². The fraction of sp³-hybridized carbons (Fsp3) is 0.529. The van der Waals surface area contributed by atoms with Crippen LogP contribution in [0.3, 0.4) is 0 Å². The number of hydrogen-bond donors (Lipinski definition) is 2. The Morgan fingerprint density at radius 1 is 1.39 bits per heavy atom. The number of hydrogen-bond acceptors (Lipinski definition) is 4. The van der Waals surface area contributed by atoms with Crippen molar-refractivity contribution in [3.05, 3.63) is 29.8 Å². The Kier molecular flexibility index (Phi) is 6.40. The third-order valence-corrected chi connectivity index (χ3v) is 3.89. The van der Waals surface area contributed by atoms with E-state index in [1.807, 2.05) is 31.2 Å². The molecule has 1 aromatic rings. The average Bonchev–Trinajstić information content (AvgIpc) is 3.07. The summed E-state index contributed by atoms with van der Waals surface area (Å²) in [6, 6.07) is 7.36. The number of amides is 1. The minimum absolute atomic E-state index is 0.123. The molecule has 1 amide bonds. The molecule has 0 aliphatic carbocycles. The molecule has 0 spiro atoms. The molecule has 1 fully saturated rings. The van der Waals surface area contributed by atoms with E-state index in [4.69, 9.17) is 9.47 Å². The van der Waals surface area contributed by atoms with Crippen LogP contribution in [0.25, 0.3) is 0 Å². The summed E-state index contributed by atoms with van der Waals surface area (Å²) >= 11 is 0. The van der Waals surface area contributed by atoms with Gasteiger partial charge in [-0.1, -0.05) is 12.1 Å². The highest BCUT2D eigenvalue weighted by molar-refractivity contribution is 5.80. The molecule has 1 aliphatic rings. The van der Waals surface area contributed by atoms with Gasteiger partial charge in [-0.2, -0.15) is 0 Å². The predicted octanol–water partition coefficient (Wildman–Crippen LogP) is 1.48. The van der Waals surface area contributed by atoms with Crippen molar-refractivity contribution in [2.24, 2.45) is 11.8 Å². The lowest BCUT2D eigenvalue weighted by molar-refractivity contribution is -0.141. The molecular weight excluding hydrogens is 298 g/mol. The van der Waals surface area contributed by atoms with Crippen molar-refractivity contribution in [1.82, 2.24) is 5.32 Å². The largest absolute Gasteiger partial charge is 0.494 e. The predicted molar refractivity (Wildman–Crippen MR) is 84.4 cm³/mol. The van der Waals surface area contributed by atoms with Crippen molar-refractivity contribution in [3.63, 3.8) is 0 Å². The third kappa shape index (κ3) is 5.25. The van der Waals surface area contributed by atoms with Gasteiger partial charge in [-0.25, -0.2) is 0 Å². The monoisotopic (exact) mass is 321 g/mol. The Bertz CT molecular complexity index is 522. The van der Waals surface area contributed by atoms with Crippen molar-refractivity contribution >= 4 is 11.9 Å². The zero-order chi connectivity index (χ0) is 16.7. The molecule has 0 aromatic heterocycles. The van der Waals surface area contributed by atoms with Gasteiger partial charge in [-0.15, -0.1) is 0 Å². The second-order valence-electron chi connectivity index (χ2n) is 5.62. The van der Waals surface area contributed by atoms with Crippen molar-refractivity contribution in [3.8, 4) is 5.75 Å². The summed E-state index contributed by atoms with van der Waals surface area (Å²) in [6.07, 6.45) is 1.06. The first kappa shape index (κ1) is 17.3. The van der Waals surface area contributed by atoms with Gasteiger partial charge in [0.05, 0.1) is 25.0 Å². The van der Waals surface area contributed by atoms with Gasteiger partial charge in [0.15, 0.2) is 0 Å². The van der Waals surface area contributed by atoms with E-state index in [2.05, 4.69) is 5.32 Å². The van der Waals surface area contributed by atoms with Crippen LogP contribution < -0.4 is 10.1 Å². The van der Waals surface area contributed by atoms with E-state index in [-0.39, 0.29) is 18.4 Å². The second-order valence-corrected chi connectivity index (χ2v) is 5.62. The van der Waals surface area contributed by atoms with Crippen molar-refractivity contribution in [2.45, 2.75) is 19.8 Å². The summed E-state index contributed by atoms with van der Waals surface area (Å²) in [5.74, 6) is -1.09. The topological polar surface area (TPSA) is 84.9 Å². The molecule has 2 rings (SSSR count). The SMILES string of the molecule is CCOc1ccc(CC(CNC(=O)C2CCOC2)C(=O)O)cc1. The molecule has 1 saturated heterocycles. The van der Waals surface area contributed by atoms with Crippen molar-refractivity contribution < 1.29 is 24.2 Å². The summed E-state index contributed by atoms with van der Waals surface area (Å²) in [5, 5.41) is 12.1. The second kappa shape index (κ2) is 8.53. The minimum Gasteiger partial charge on any atom is -0.494 e. The summed E-state index contributed by atoms with van der Waals surface area (Å²) in [6.45, 7) is 3.63. The Balaban J connectivity index is 1.87. The van der Waals surface area contributed by atoms with Crippen molar-refractivity contribution in [2.75, 3.05) is 26.4 Å². The number of rotatable bonds is 8. The van der Waals surface area contributed by atoms with E-state index in [1.54, 1.807) is 0 Å². The quantitative estimate of drug-likeness (QED) is 0.757. The average molecular weight is 321 g/mol. The van der Waals surface area contributed by atoms with Gasteiger partial charge in [0, 0.05) is 13.2 Å². The first-order valence-corrected chi connectivity index (χ1v) is 7.90. The molecule has 126 valence electrons. The van der Waals surface area contributed by atoms with E-state index in [1.165, 1.54) is 0 Å². The van der Waals surface area contributed by atoms with E-state index in [9.17, 15) is 14.7 Å². The minimum atomic E-state index is -0.915. The summed E-state index contributed by atoms with van der Waals surface area (Å²) in [7, 11) is 0. The van der Waals surface area contributed by atoms with Crippen LogP contribution in [0.4, 0.5) is 0 Å². The third-order valence-electron chi connectivity index (χ3n) is 3.89. The molecule has 0 saturated carbocycles. The van der Waals surface area contributed by atoms with Crippen molar-refractivity contribution in [1.29, 1.82) is 0 Å². The van der Waals surface area contributed by atoms with E-state index in [0.717, 1.165) is 11.3 Å². The molecule has 2 N–H and O–H groups in total. The molecule has 2 atom stereocenters. The smallest absolute Gasteiger partial charge is 0.308 e. The van der Waals surface area contributed by atoms with Gasteiger partial charge in [-0.3, -0.25) is 9.59 Å². The molecular formula is C17H23NO5. The molecule has 23 heavy (non-hydrogen) atoms. The van der Waals surface area contributed by atoms with Crippen LogP contribution in [0.2, 0.25) is 0 Å². The van der Waals surface area contributed by atoms with Crippen LogP contribution in [-0.4, -0.2) is 43.3 Å². The molecule has 0 radical (unpaired) electrons. The zero-order valence-corrected chi connectivity index (χ0v) is 13.3. The highest BCUT2D eigenvalue weighted by Gasteiger charge is 2.25. The number of carboxylic acid groups (broad SMARTS) is 1. The van der Waals surface area contributed by atoms with Gasteiger partial charge >= 0.3 is 5.97 Å². The number of ether oxygens (including phenoxy) is 2. The Morgan fingerprint density at radius 2 is 2.13 bits per heavy atom. The van der Waals surface area contributed by atoms with Gasteiger partial charge in [0.25, 0.3) is 0 Å². The van der Waals surface area contributed by atoms with Crippen LogP contribution in [0.5, 0.6) is 5.75 Å². The Morgan fingerprint density at radius 3 is 2.70 bits per heavy atom. The van der Waals surface area contributed by atoms with Gasteiger partial charge in [0.2, 0.25) is 5.91 Å². The number of aliphatic carboxylic acids is 1. The number of carbonyl (C=O) groups excluding carboxylic acids is 1. The summed E-state index contributed by atoms with van der Waals surface area (Å²) in [4.78, 5) is 23.3. The molecule has 1 heterocycles. The van der Waals surface area contributed by atoms with E-state index < -0.39 is 11.9 Å². The van der Waals surface area contributed by atoms with Crippen LogP contribution in [-0.2, 0) is 20.7 Å². The van der Waals surface area contributed by atoms with Crippen LogP contribution in [0, 0.1) is 11.8 Å². The number of carboxylic acids is 1. The summed E-state index contributed by atoms with van der Waals surface area (Å²) in [5.41, 5.74) is 0.902. The maximum absolute atomic E-state index is 11.9. The van der Waals surface area contributed by atoms with E-state index in [0.29, 0.717) is 32.7 Å². The fourth-order valence-corrected chi connectivity index (χ4v) is 2.53.